The maximum absolute atomic E-state index is 12.8. The highest BCUT2D eigenvalue weighted by Gasteiger charge is 2.34. The van der Waals surface area contributed by atoms with Crippen molar-refractivity contribution in [3.63, 3.8) is 0 Å². The molecule has 1 aromatic heterocycles. The van der Waals surface area contributed by atoms with Crippen LogP contribution < -0.4 is 16.4 Å². The average molecular weight is 440 g/mol. The number of amides is 3. The van der Waals surface area contributed by atoms with E-state index in [4.69, 9.17) is 5.73 Å². The monoisotopic (exact) mass is 440 g/mol. The Morgan fingerprint density at radius 1 is 1.12 bits per heavy atom. The van der Waals surface area contributed by atoms with E-state index < -0.39 is 42.0 Å². The molecule has 4 unspecified atom stereocenters. The predicted octanol–water partition coefficient (Wildman–Crippen LogP) is -0.850. The molecule has 0 fully saturated rings. The van der Waals surface area contributed by atoms with E-state index in [0.29, 0.717) is 5.56 Å². The third-order valence-electron chi connectivity index (χ3n) is 5.11. The van der Waals surface area contributed by atoms with Gasteiger partial charge in [-0.15, -0.1) is 0 Å². The molecule has 0 aliphatic heterocycles. The van der Waals surface area contributed by atoms with Gasteiger partial charge in [-0.05, 0) is 29.8 Å². The summed E-state index contributed by atoms with van der Waals surface area (Å²) in [4.78, 5) is 40.9. The van der Waals surface area contributed by atoms with Crippen LogP contribution in [0.5, 0.6) is 5.75 Å². The van der Waals surface area contributed by atoms with Gasteiger partial charge < -0.3 is 31.7 Å². The average Bonchev–Trinajstić information content (AvgIpc) is 2.78. The van der Waals surface area contributed by atoms with E-state index in [2.05, 4.69) is 15.6 Å². The van der Waals surface area contributed by atoms with Crippen molar-refractivity contribution in [3.05, 3.63) is 71.6 Å². The van der Waals surface area contributed by atoms with Crippen LogP contribution in [0.1, 0.15) is 22.3 Å². The van der Waals surface area contributed by atoms with Crippen molar-refractivity contribution < 1.29 is 29.7 Å². The number of rotatable bonds is 7. The van der Waals surface area contributed by atoms with E-state index in [0.717, 1.165) is 0 Å². The Morgan fingerprint density at radius 3 is 2.47 bits per heavy atom. The zero-order chi connectivity index (χ0) is 23.3. The molecule has 3 amide bonds. The molecular weight excluding hydrogens is 416 g/mol. The van der Waals surface area contributed by atoms with Crippen LogP contribution in [0, 0.1) is 0 Å². The molecule has 0 radical (unpaired) electrons. The first kappa shape index (κ1) is 22.9. The topological polar surface area (TPSA) is 175 Å². The Labute approximate surface area is 183 Å². The maximum atomic E-state index is 12.8. The quantitative estimate of drug-likeness (QED) is 0.325. The Bertz CT molecular complexity index is 1010. The molecule has 0 saturated carbocycles. The summed E-state index contributed by atoms with van der Waals surface area (Å²) >= 11 is 0. The number of carbonyl (C=O) groups excluding carboxylic acids is 3. The number of nitrogens with one attached hydrogen (secondary N) is 2. The molecule has 10 heteroatoms. The molecule has 1 heterocycles. The van der Waals surface area contributed by atoms with Gasteiger partial charge in [-0.3, -0.25) is 19.4 Å². The fourth-order valence-corrected chi connectivity index (χ4v) is 3.34. The number of nitrogens with zero attached hydrogens (tertiary/aromatic N) is 1. The maximum Gasteiger partial charge on any atom is 0.253 e. The number of hydrogen-bond acceptors (Lipinski definition) is 7. The van der Waals surface area contributed by atoms with Gasteiger partial charge >= 0.3 is 0 Å². The van der Waals surface area contributed by atoms with E-state index in [1.54, 1.807) is 18.2 Å². The predicted molar refractivity (Wildman–Crippen MR) is 113 cm³/mol. The Kier molecular flexibility index (Phi) is 7.18. The number of pyridine rings is 1. The summed E-state index contributed by atoms with van der Waals surface area (Å²) in [6.07, 6.45) is 1.50. The van der Waals surface area contributed by atoms with Crippen molar-refractivity contribution in [3.8, 4) is 5.75 Å². The fraction of sp³-hybridized carbons (Fsp3) is 0.273. The van der Waals surface area contributed by atoms with Crippen molar-refractivity contribution in [2.24, 2.45) is 5.73 Å². The van der Waals surface area contributed by atoms with Gasteiger partial charge in [0, 0.05) is 30.8 Å². The summed E-state index contributed by atoms with van der Waals surface area (Å²) in [6.45, 7) is 0. The largest absolute Gasteiger partial charge is 0.508 e. The Balaban J connectivity index is 1.72. The smallest absolute Gasteiger partial charge is 0.253 e. The van der Waals surface area contributed by atoms with E-state index in [-0.39, 0.29) is 29.7 Å². The summed E-state index contributed by atoms with van der Waals surface area (Å²) in [7, 11) is 0. The minimum atomic E-state index is -1.32. The van der Waals surface area contributed by atoms with Gasteiger partial charge in [0.1, 0.15) is 17.9 Å². The van der Waals surface area contributed by atoms with E-state index in [1.807, 2.05) is 0 Å². The molecule has 1 aliphatic carbocycles. The minimum Gasteiger partial charge on any atom is -0.508 e. The van der Waals surface area contributed by atoms with Gasteiger partial charge in [-0.2, -0.15) is 0 Å². The van der Waals surface area contributed by atoms with Crippen LogP contribution in [-0.4, -0.2) is 62.3 Å². The lowest BCUT2D eigenvalue weighted by molar-refractivity contribution is -0.125. The molecular formula is C22H24N4O6. The van der Waals surface area contributed by atoms with Crippen LogP contribution >= 0.6 is 0 Å². The third kappa shape index (κ3) is 5.68. The number of aromatic nitrogens is 1. The van der Waals surface area contributed by atoms with Crippen molar-refractivity contribution in [1.82, 2.24) is 15.6 Å². The minimum absolute atomic E-state index is 0.0627. The second-order valence-corrected chi connectivity index (χ2v) is 7.49. The van der Waals surface area contributed by atoms with Crippen LogP contribution in [-0.2, 0) is 16.0 Å². The molecule has 1 aromatic carbocycles. The second-order valence-electron chi connectivity index (χ2n) is 7.49. The third-order valence-corrected chi connectivity index (χ3v) is 5.11. The van der Waals surface area contributed by atoms with Gasteiger partial charge in [0.15, 0.2) is 0 Å². The number of primary amides is 1. The first-order chi connectivity index (χ1) is 15.2. The van der Waals surface area contributed by atoms with Crippen molar-refractivity contribution >= 4 is 17.7 Å². The van der Waals surface area contributed by atoms with Gasteiger partial charge in [-0.1, -0.05) is 18.2 Å². The second kappa shape index (κ2) is 10.0. The molecule has 0 saturated heterocycles. The summed E-state index contributed by atoms with van der Waals surface area (Å²) in [5, 5.41) is 34.9. The highest BCUT2D eigenvalue weighted by atomic mass is 16.3. The summed E-state index contributed by atoms with van der Waals surface area (Å²) < 4.78 is 0. The van der Waals surface area contributed by atoms with Crippen molar-refractivity contribution in [2.45, 2.75) is 37.1 Å². The normalized spacial score (nSPS) is 21.2. The fourth-order valence-electron chi connectivity index (χ4n) is 3.34. The molecule has 4 atom stereocenters. The van der Waals surface area contributed by atoms with Gasteiger partial charge in [-0.25, -0.2) is 0 Å². The molecule has 0 spiro atoms. The van der Waals surface area contributed by atoms with Crippen LogP contribution in [0.15, 0.2) is 60.4 Å². The number of phenols is 1. The first-order valence-corrected chi connectivity index (χ1v) is 9.90. The summed E-state index contributed by atoms with van der Waals surface area (Å²) in [5.74, 6) is -1.88. The Morgan fingerprint density at radius 2 is 1.84 bits per heavy atom. The van der Waals surface area contributed by atoms with E-state index in [1.165, 1.54) is 36.7 Å². The van der Waals surface area contributed by atoms with Crippen molar-refractivity contribution in [2.75, 3.05) is 0 Å². The van der Waals surface area contributed by atoms with Gasteiger partial charge in [0.05, 0.1) is 17.7 Å². The van der Waals surface area contributed by atoms with E-state index >= 15 is 0 Å². The Hall–Kier alpha value is -3.76. The molecule has 7 N–H and O–H groups in total. The number of aliphatic hydroxyl groups excluding tert-OH is 2. The summed E-state index contributed by atoms with van der Waals surface area (Å²) in [5.41, 5.74) is 6.44. The van der Waals surface area contributed by atoms with Crippen LogP contribution in [0.2, 0.25) is 0 Å². The standard InChI is InChI=1S/C22H24N4O6/c23-20(30)17(8-12-3-5-15(27)6-4-12)26-22(32)14-9-16(19(29)18(28)10-14)25-21(31)13-2-1-7-24-11-13/h1-7,9,11,16-19,27-29H,8,10H2,(H2,23,30)(H,25,31)(H,26,32). The number of hydrogen-bond donors (Lipinski definition) is 6. The molecule has 32 heavy (non-hydrogen) atoms. The molecule has 10 nitrogen and oxygen atoms in total. The number of nitrogens with two attached hydrogens (primary N) is 1. The van der Waals surface area contributed by atoms with Crippen LogP contribution in [0.25, 0.3) is 0 Å². The zero-order valence-corrected chi connectivity index (χ0v) is 17.0. The molecule has 0 bridgehead atoms. The highest BCUT2D eigenvalue weighted by molar-refractivity contribution is 5.98. The van der Waals surface area contributed by atoms with Crippen molar-refractivity contribution in [1.29, 1.82) is 0 Å². The first-order valence-electron chi connectivity index (χ1n) is 9.90. The van der Waals surface area contributed by atoms with Gasteiger partial charge in [0.25, 0.3) is 5.91 Å². The SMILES string of the molecule is NC(=O)C(Cc1ccc(O)cc1)NC(=O)C1=CC(NC(=O)c2cccnc2)C(O)C(O)C1. The highest BCUT2D eigenvalue weighted by Crippen LogP contribution is 2.21. The molecule has 1 aliphatic rings. The number of aliphatic hydroxyl groups is 2. The number of phenolic OH excluding ortho intramolecular Hbond substituents is 1. The lowest BCUT2D eigenvalue weighted by Gasteiger charge is -2.31. The molecule has 168 valence electrons. The number of benzene rings is 1. The molecule has 3 rings (SSSR count). The molecule has 2 aromatic rings. The summed E-state index contributed by atoms with van der Waals surface area (Å²) in [6, 6.07) is 7.14. The lowest BCUT2D eigenvalue weighted by Crippen LogP contribution is -2.52. The lowest BCUT2D eigenvalue weighted by atomic mass is 9.89. The number of aromatic hydroxyl groups is 1. The van der Waals surface area contributed by atoms with E-state index in [9.17, 15) is 29.7 Å². The zero-order valence-electron chi connectivity index (χ0n) is 17.0. The van der Waals surface area contributed by atoms with Crippen LogP contribution in [0.4, 0.5) is 0 Å². The van der Waals surface area contributed by atoms with Gasteiger partial charge in [0.2, 0.25) is 11.8 Å². The van der Waals surface area contributed by atoms with Crippen LogP contribution in [0.3, 0.4) is 0 Å². The number of carbonyl (C=O) groups is 3.